The molecular weight excluding hydrogens is 226 g/mol. The van der Waals surface area contributed by atoms with Crippen molar-refractivity contribution in [1.29, 1.82) is 0 Å². The van der Waals surface area contributed by atoms with Gasteiger partial charge in [0.05, 0.1) is 11.7 Å². The van der Waals surface area contributed by atoms with Gasteiger partial charge >= 0.3 is 0 Å². The zero-order valence-corrected chi connectivity index (χ0v) is 12.2. The van der Waals surface area contributed by atoms with E-state index >= 15 is 0 Å². The predicted octanol–water partition coefficient (Wildman–Crippen LogP) is 1.42. The van der Waals surface area contributed by atoms with E-state index in [4.69, 9.17) is 0 Å². The van der Waals surface area contributed by atoms with E-state index in [-0.39, 0.29) is 11.7 Å². The molecule has 0 spiro atoms. The largest absolute Gasteiger partial charge is 0.321 e. The average Bonchev–Trinajstić information content (AvgIpc) is 2.84. The quantitative estimate of drug-likeness (QED) is 0.823. The van der Waals surface area contributed by atoms with Gasteiger partial charge in [-0.15, -0.1) is 0 Å². The summed E-state index contributed by atoms with van der Waals surface area (Å²) in [4.78, 5) is 17.2. The van der Waals surface area contributed by atoms with Crippen molar-refractivity contribution in [3.05, 3.63) is 0 Å². The van der Waals surface area contributed by atoms with E-state index < -0.39 is 0 Å². The van der Waals surface area contributed by atoms with Gasteiger partial charge in [-0.25, -0.2) is 0 Å². The molecule has 4 heteroatoms. The Kier molecular flexibility index (Phi) is 3.97. The summed E-state index contributed by atoms with van der Waals surface area (Å²) >= 11 is 0. The first-order chi connectivity index (χ1) is 8.51. The summed E-state index contributed by atoms with van der Waals surface area (Å²) in [6.07, 6.45) is 4.39. The van der Waals surface area contributed by atoms with Crippen LogP contribution in [0.2, 0.25) is 0 Å². The normalized spacial score (nSPS) is 37.8. The monoisotopic (exact) mass is 253 g/mol. The molecule has 2 aliphatic heterocycles. The van der Waals surface area contributed by atoms with Crippen molar-refractivity contribution in [3.8, 4) is 0 Å². The Bertz CT molecular complexity index is 320. The van der Waals surface area contributed by atoms with Crippen LogP contribution < -0.4 is 5.32 Å². The molecular formula is C14H27N3O. The highest BCUT2D eigenvalue weighted by Crippen LogP contribution is 2.30. The highest BCUT2D eigenvalue weighted by molar-refractivity contribution is 5.88. The van der Waals surface area contributed by atoms with Crippen molar-refractivity contribution >= 4 is 5.91 Å². The van der Waals surface area contributed by atoms with Crippen LogP contribution in [0.5, 0.6) is 0 Å². The van der Waals surface area contributed by atoms with Crippen molar-refractivity contribution in [2.45, 2.75) is 64.2 Å². The van der Waals surface area contributed by atoms with E-state index in [1.54, 1.807) is 0 Å². The standard InChI is InChI=1S/C14H27N3O/c1-5-7-12-15-14(3,6-2)13(18)17(12)11-8-9-16(4)10-11/h11-12,15H,5-10H2,1-4H3. The topological polar surface area (TPSA) is 35.6 Å². The third kappa shape index (κ3) is 2.28. The number of nitrogens with zero attached hydrogens (tertiary/aromatic N) is 2. The fourth-order valence-corrected chi connectivity index (χ4v) is 3.22. The van der Waals surface area contributed by atoms with Crippen LogP contribution in [0.1, 0.15) is 46.5 Å². The highest BCUT2D eigenvalue weighted by Gasteiger charge is 2.49. The first-order valence-corrected chi connectivity index (χ1v) is 7.30. The number of hydrogen-bond acceptors (Lipinski definition) is 3. The second kappa shape index (κ2) is 5.17. The van der Waals surface area contributed by atoms with E-state index in [0.29, 0.717) is 11.9 Å². The Morgan fingerprint density at radius 1 is 1.44 bits per heavy atom. The first kappa shape index (κ1) is 13.8. The van der Waals surface area contributed by atoms with E-state index in [1.807, 2.05) is 0 Å². The van der Waals surface area contributed by atoms with Gasteiger partial charge in [-0.1, -0.05) is 20.3 Å². The van der Waals surface area contributed by atoms with Crippen LogP contribution in [0.15, 0.2) is 0 Å². The molecule has 2 saturated heterocycles. The lowest BCUT2D eigenvalue weighted by atomic mass is 9.99. The third-order valence-corrected chi connectivity index (χ3v) is 4.56. The van der Waals surface area contributed by atoms with Gasteiger partial charge in [0.15, 0.2) is 0 Å². The summed E-state index contributed by atoms with van der Waals surface area (Å²) in [5.41, 5.74) is -0.346. The number of amides is 1. The summed E-state index contributed by atoms with van der Waals surface area (Å²) in [6.45, 7) is 8.46. The number of likely N-dealkylation sites (N-methyl/N-ethyl adjacent to an activating group) is 1. The maximum absolute atomic E-state index is 12.7. The molecule has 0 aromatic carbocycles. The molecule has 2 rings (SSSR count). The SMILES string of the molecule is CCCC1NC(C)(CC)C(=O)N1C1CCN(C)C1. The van der Waals surface area contributed by atoms with Crippen LogP contribution in [0.3, 0.4) is 0 Å². The Labute approximate surface area is 111 Å². The number of carbonyl (C=O) groups excluding carboxylic acids is 1. The molecule has 0 bridgehead atoms. The van der Waals surface area contributed by atoms with Gasteiger partial charge in [0, 0.05) is 12.6 Å². The van der Waals surface area contributed by atoms with E-state index in [9.17, 15) is 4.79 Å². The zero-order chi connectivity index (χ0) is 13.3. The molecule has 18 heavy (non-hydrogen) atoms. The van der Waals surface area contributed by atoms with Gasteiger partial charge in [0.2, 0.25) is 5.91 Å². The minimum atomic E-state index is -0.346. The van der Waals surface area contributed by atoms with Gasteiger partial charge in [0.1, 0.15) is 0 Å². The fraction of sp³-hybridized carbons (Fsp3) is 0.929. The average molecular weight is 253 g/mol. The molecule has 2 heterocycles. The van der Waals surface area contributed by atoms with Crippen LogP contribution in [-0.4, -0.2) is 53.6 Å². The summed E-state index contributed by atoms with van der Waals surface area (Å²) < 4.78 is 0. The molecule has 4 nitrogen and oxygen atoms in total. The Morgan fingerprint density at radius 2 is 2.17 bits per heavy atom. The van der Waals surface area contributed by atoms with Crippen LogP contribution in [0.25, 0.3) is 0 Å². The lowest BCUT2D eigenvalue weighted by Crippen LogP contribution is -2.46. The minimum Gasteiger partial charge on any atom is -0.321 e. The molecule has 0 radical (unpaired) electrons. The molecule has 3 atom stereocenters. The molecule has 0 aromatic rings. The Hall–Kier alpha value is -0.610. The summed E-state index contributed by atoms with van der Waals surface area (Å²) in [7, 11) is 2.14. The number of hydrogen-bond donors (Lipinski definition) is 1. The van der Waals surface area contributed by atoms with E-state index in [2.05, 4.69) is 42.9 Å². The second-order valence-electron chi connectivity index (χ2n) is 6.05. The molecule has 1 N–H and O–H groups in total. The van der Waals surface area contributed by atoms with Gasteiger partial charge in [-0.3, -0.25) is 10.1 Å². The Morgan fingerprint density at radius 3 is 2.67 bits per heavy atom. The van der Waals surface area contributed by atoms with Crippen molar-refractivity contribution < 1.29 is 4.79 Å². The minimum absolute atomic E-state index is 0.240. The molecule has 2 aliphatic rings. The lowest BCUT2D eigenvalue weighted by molar-refractivity contribution is -0.135. The van der Waals surface area contributed by atoms with Crippen LogP contribution >= 0.6 is 0 Å². The third-order valence-electron chi connectivity index (χ3n) is 4.56. The number of nitrogens with one attached hydrogen (secondary N) is 1. The highest BCUT2D eigenvalue weighted by atomic mass is 16.2. The van der Waals surface area contributed by atoms with Crippen molar-refractivity contribution in [2.24, 2.45) is 0 Å². The van der Waals surface area contributed by atoms with Crippen LogP contribution in [0.4, 0.5) is 0 Å². The van der Waals surface area contributed by atoms with Crippen molar-refractivity contribution in [3.63, 3.8) is 0 Å². The Balaban J connectivity index is 2.16. The fourth-order valence-electron chi connectivity index (χ4n) is 3.22. The number of rotatable bonds is 4. The van der Waals surface area contributed by atoms with Crippen LogP contribution in [-0.2, 0) is 4.79 Å². The van der Waals surface area contributed by atoms with Gasteiger partial charge < -0.3 is 9.80 Å². The smallest absolute Gasteiger partial charge is 0.244 e. The maximum Gasteiger partial charge on any atom is 0.244 e. The zero-order valence-electron chi connectivity index (χ0n) is 12.2. The molecule has 1 amide bonds. The molecule has 0 aromatic heterocycles. The molecule has 0 saturated carbocycles. The summed E-state index contributed by atoms with van der Waals surface area (Å²) in [5.74, 6) is 0.309. The number of carbonyl (C=O) groups is 1. The van der Waals surface area contributed by atoms with Crippen LogP contribution in [0, 0.1) is 0 Å². The maximum atomic E-state index is 12.7. The molecule has 0 aliphatic carbocycles. The number of likely N-dealkylation sites (tertiary alicyclic amines) is 1. The molecule has 2 fully saturated rings. The second-order valence-corrected chi connectivity index (χ2v) is 6.05. The van der Waals surface area contributed by atoms with Crippen molar-refractivity contribution in [1.82, 2.24) is 15.1 Å². The van der Waals surface area contributed by atoms with Gasteiger partial charge in [-0.05, 0) is 39.8 Å². The summed E-state index contributed by atoms with van der Waals surface area (Å²) in [5, 5.41) is 3.57. The van der Waals surface area contributed by atoms with E-state index in [1.165, 1.54) is 0 Å². The van der Waals surface area contributed by atoms with Crippen molar-refractivity contribution in [2.75, 3.05) is 20.1 Å². The summed E-state index contributed by atoms with van der Waals surface area (Å²) in [6, 6.07) is 0.403. The van der Waals surface area contributed by atoms with E-state index in [0.717, 1.165) is 38.8 Å². The molecule has 3 unspecified atom stereocenters. The lowest BCUT2D eigenvalue weighted by Gasteiger charge is -2.30. The molecule has 104 valence electrons. The first-order valence-electron chi connectivity index (χ1n) is 7.30. The van der Waals surface area contributed by atoms with Gasteiger partial charge in [0.25, 0.3) is 0 Å². The predicted molar refractivity (Wildman–Crippen MR) is 73.3 cm³/mol. The van der Waals surface area contributed by atoms with Gasteiger partial charge in [-0.2, -0.15) is 0 Å².